The summed E-state index contributed by atoms with van der Waals surface area (Å²) < 4.78 is 0. The zero-order chi connectivity index (χ0) is 12.3. The third kappa shape index (κ3) is 3.10. The second-order valence-corrected chi connectivity index (χ2v) is 4.21. The Morgan fingerprint density at radius 2 is 2.29 bits per heavy atom. The zero-order valence-electron chi connectivity index (χ0n) is 9.76. The molecule has 17 heavy (non-hydrogen) atoms. The van der Waals surface area contributed by atoms with E-state index < -0.39 is 5.97 Å². The Kier molecular flexibility index (Phi) is 3.49. The first-order valence-electron chi connectivity index (χ1n) is 5.56. The van der Waals surface area contributed by atoms with E-state index in [2.05, 4.69) is 28.0 Å². The van der Waals surface area contributed by atoms with E-state index in [1.807, 2.05) is 0 Å². The van der Waals surface area contributed by atoms with Crippen LogP contribution < -0.4 is 0 Å². The monoisotopic (exact) mass is 233 g/mol. The maximum atomic E-state index is 10.5. The van der Waals surface area contributed by atoms with Crippen LogP contribution in [-0.2, 0) is 11.2 Å². The van der Waals surface area contributed by atoms with E-state index in [0.29, 0.717) is 5.69 Å². The Balaban J connectivity index is 2.10. The molecule has 0 amide bonds. The fourth-order valence-corrected chi connectivity index (χ4v) is 1.77. The predicted molar refractivity (Wildman–Crippen MR) is 63.5 cm³/mol. The standard InChI is InChI=1S/C12H15N3O2/c1-15-4-2-9(3-5-15)11-8-13-10(7-14-11)6-12(16)17/h2,7-8H,3-6H2,1H3,(H,16,17). The van der Waals surface area contributed by atoms with E-state index in [1.54, 1.807) is 12.4 Å². The Morgan fingerprint density at radius 3 is 2.82 bits per heavy atom. The first kappa shape index (κ1) is 11.7. The van der Waals surface area contributed by atoms with Crippen LogP contribution in [0, 0.1) is 0 Å². The minimum absolute atomic E-state index is 0.0743. The normalized spacial score (nSPS) is 16.6. The van der Waals surface area contributed by atoms with Crippen LogP contribution in [0.4, 0.5) is 0 Å². The number of carboxylic acid groups (broad SMARTS) is 1. The highest BCUT2D eigenvalue weighted by atomic mass is 16.4. The predicted octanol–water partition coefficient (Wildman–Crippen LogP) is 0.823. The minimum Gasteiger partial charge on any atom is -0.481 e. The van der Waals surface area contributed by atoms with E-state index in [-0.39, 0.29) is 6.42 Å². The van der Waals surface area contributed by atoms with Gasteiger partial charge in [0.05, 0.1) is 24.0 Å². The van der Waals surface area contributed by atoms with E-state index in [0.717, 1.165) is 25.2 Å². The molecule has 90 valence electrons. The van der Waals surface area contributed by atoms with Crippen molar-refractivity contribution in [3.8, 4) is 0 Å². The van der Waals surface area contributed by atoms with Crippen molar-refractivity contribution in [2.75, 3.05) is 20.1 Å². The molecule has 0 aromatic carbocycles. The van der Waals surface area contributed by atoms with Crippen LogP contribution in [0.2, 0.25) is 0 Å². The molecule has 0 radical (unpaired) electrons. The first-order chi connectivity index (χ1) is 8.15. The fraction of sp³-hybridized carbons (Fsp3) is 0.417. The van der Waals surface area contributed by atoms with Gasteiger partial charge in [0.15, 0.2) is 0 Å². The second kappa shape index (κ2) is 5.05. The number of hydrogen-bond acceptors (Lipinski definition) is 4. The van der Waals surface area contributed by atoms with Gasteiger partial charge in [0, 0.05) is 19.3 Å². The maximum Gasteiger partial charge on any atom is 0.309 e. The molecular formula is C12H15N3O2. The highest BCUT2D eigenvalue weighted by Crippen LogP contribution is 2.19. The average Bonchev–Trinajstić information content (AvgIpc) is 2.30. The summed E-state index contributed by atoms with van der Waals surface area (Å²) in [6.45, 7) is 1.94. The quantitative estimate of drug-likeness (QED) is 0.837. The molecule has 0 saturated heterocycles. The molecule has 1 aliphatic rings. The molecule has 0 bridgehead atoms. The lowest BCUT2D eigenvalue weighted by Crippen LogP contribution is -2.23. The number of hydrogen-bond donors (Lipinski definition) is 1. The molecule has 5 nitrogen and oxygen atoms in total. The highest BCUT2D eigenvalue weighted by Gasteiger charge is 2.11. The molecule has 0 aliphatic carbocycles. The maximum absolute atomic E-state index is 10.5. The summed E-state index contributed by atoms with van der Waals surface area (Å²) in [6.07, 6.45) is 6.24. The Bertz CT molecular complexity index is 440. The number of aromatic nitrogens is 2. The van der Waals surface area contributed by atoms with Crippen LogP contribution in [0.1, 0.15) is 17.8 Å². The van der Waals surface area contributed by atoms with Crippen molar-refractivity contribution in [1.82, 2.24) is 14.9 Å². The van der Waals surface area contributed by atoms with Gasteiger partial charge >= 0.3 is 5.97 Å². The SMILES string of the molecule is CN1CC=C(c2cnc(CC(=O)O)cn2)CC1. The van der Waals surface area contributed by atoms with Crippen LogP contribution in [-0.4, -0.2) is 46.1 Å². The lowest BCUT2D eigenvalue weighted by atomic mass is 10.1. The Morgan fingerprint density at radius 1 is 1.47 bits per heavy atom. The molecule has 0 spiro atoms. The van der Waals surface area contributed by atoms with Gasteiger partial charge in [-0.3, -0.25) is 14.8 Å². The lowest BCUT2D eigenvalue weighted by molar-refractivity contribution is -0.136. The molecule has 1 N–H and O–H groups in total. The molecular weight excluding hydrogens is 218 g/mol. The van der Waals surface area contributed by atoms with Crippen molar-refractivity contribution in [2.45, 2.75) is 12.8 Å². The van der Waals surface area contributed by atoms with Gasteiger partial charge < -0.3 is 10.0 Å². The van der Waals surface area contributed by atoms with Crippen LogP contribution in [0.3, 0.4) is 0 Å². The van der Waals surface area contributed by atoms with Crippen molar-refractivity contribution < 1.29 is 9.90 Å². The summed E-state index contributed by atoms with van der Waals surface area (Å²) >= 11 is 0. The first-order valence-corrected chi connectivity index (χ1v) is 5.56. The van der Waals surface area contributed by atoms with Gasteiger partial charge in [0.1, 0.15) is 0 Å². The van der Waals surface area contributed by atoms with E-state index in [4.69, 9.17) is 5.11 Å². The third-order valence-electron chi connectivity index (χ3n) is 2.78. The molecule has 1 aliphatic heterocycles. The van der Waals surface area contributed by atoms with Gasteiger partial charge in [-0.05, 0) is 19.0 Å². The minimum atomic E-state index is -0.884. The number of rotatable bonds is 3. The zero-order valence-corrected chi connectivity index (χ0v) is 9.76. The number of carbonyl (C=O) groups is 1. The van der Waals surface area contributed by atoms with Gasteiger partial charge in [0.25, 0.3) is 0 Å². The second-order valence-electron chi connectivity index (χ2n) is 4.21. The molecule has 0 atom stereocenters. The van der Waals surface area contributed by atoms with Crippen LogP contribution in [0.25, 0.3) is 5.57 Å². The fourth-order valence-electron chi connectivity index (χ4n) is 1.77. The van der Waals surface area contributed by atoms with Gasteiger partial charge in [-0.2, -0.15) is 0 Å². The summed E-state index contributed by atoms with van der Waals surface area (Å²) in [7, 11) is 2.08. The number of nitrogens with zero attached hydrogens (tertiary/aromatic N) is 3. The summed E-state index contributed by atoms with van der Waals surface area (Å²) in [5.41, 5.74) is 2.54. The molecule has 2 heterocycles. The highest BCUT2D eigenvalue weighted by molar-refractivity contribution is 5.69. The van der Waals surface area contributed by atoms with Gasteiger partial charge in [0.2, 0.25) is 0 Å². The van der Waals surface area contributed by atoms with E-state index in [1.165, 1.54) is 5.57 Å². The van der Waals surface area contributed by atoms with E-state index >= 15 is 0 Å². The van der Waals surface area contributed by atoms with Crippen LogP contribution in [0.15, 0.2) is 18.5 Å². The van der Waals surface area contributed by atoms with Crippen molar-refractivity contribution in [3.63, 3.8) is 0 Å². The Labute approximate surface area is 99.8 Å². The van der Waals surface area contributed by atoms with Crippen molar-refractivity contribution >= 4 is 11.5 Å². The molecule has 2 rings (SSSR count). The molecule has 1 aromatic heterocycles. The summed E-state index contributed by atoms with van der Waals surface area (Å²) in [5.74, 6) is -0.884. The average molecular weight is 233 g/mol. The molecule has 0 saturated carbocycles. The number of carboxylic acids is 1. The topological polar surface area (TPSA) is 66.3 Å². The number of aliphatic carboxylic acids is 1. The van der Waals surface area contributed by atoms with Gasteiger partial charge in [-0.1, -0.05) is 6.08 Å². The molecule has 0 unspecified atom stereocenters. The van der Waals surface area contributed by atoms with Crippen molar-refractivity contribution in [2.24, 2.45) is 0 Å². The lowest BCUT2D eigenvalue weighted by Gasteiger charge is -2.21. The van der Waals surface area contributed by atoms with Gasteiger partial charge in [-0.25, -0.2) is 0 Å². The van der Waals surface area contributed by atoms with E-state index in [9.17, 15) is 4.79 Å². The van der Waals surface area contributed by atoms with Crippen LogP contribution >= 0.6 is 0 Å². The van der Waals surface area contributed by atoms with Crippen molar-refractivity contribution in [3.05, 3.63) is 29.9 Å². The molecule has 1 aromatic rings. The third-order valence-corrected chi connectivity index (χ3v) is 2.78. The van der Waals surface area contributed by atoms with Crippen LogP contribution in [0.5, 0.6) is 0 Å². The number of likely N-dealkylation sites (N-methyl/N-ethyl adjacent to an activating group) is 1. The summed E-state index contributed by atoms with van der Waals surface area (Å²) in [4.78, 5) is 21.1. The Hall–Kier alpha value is -1.75. The summed E-state index contributed by atoms with van der Waals surface area (Å²) in [5, 5.41) is 8.63. The molecule has 0 fully saturated rings. The smallest absolute Gasteiger partial charge is 0.309 e. The van der Waals surface area contributed by atoms with Crippen molar-refractivity contribution in [1.29, 1.82) is 0 Å². The largest absolute Gasteiger partial charge is 0.481 e. The van der Waals surface area contributed by atoms with Gasteiger partial charge in [-0.15, -0.1) is 0 Å². The summed E-state index contributed by atoms with van der Waals surface area (Å²) in [6, 6.07) is 0. The molecule has 5 heteroatoms.